The van der Waals surface area contributed by atoms with Crippen LogP contribution in [-0.2, 0) is 21.0 Å². The Bertz CT molecular complexity index is 631. The summed E-state index contributed by atoms with van der Waals surface area (Å²) in [7, 11) is -3.90. The SMILES string of the molecule is O=C(O)CCCS(=O)(=O)Nc1ccc(Br)c(C(F)(F)F)c1. The zero-order chi connectivity index (χ0) is 16.3. The third kappa shape index (κ3) is 5.92. The van der Waals surface area contributed by atoms with Crippen LogP contribution in [0.3, 0.4) is 0 Å². The van der Waals surface area contributed by atoms with Crippen molar-refractivity contribution in [2.45, 2.75) is 19.0 Å². The summed E-state index contributed by atoms with van der Waals surface area (Å²) in [5, 5.41) is 8.41. The van der Waals surface area contributed by atoms with Crippen LogP contribution in [0.4, 0.5) is 18.9 Å². The molecule has 0 radical (unpaired) electrons. The molecule has 0 bridgehead atoms. The van der Waals surface area contributed by atoms with E-state index in [1.165, 1.54) is 6.07 Å². The molecule has 118 valence electrons. The molecular formula is C11H11BrF3NO4S. The molecule has 0 aromatic heterocycles. The second kappa shape index (κ2) is 6.65. The Balaban J connectivity index is 2.86. The van der Waals surface area contributed by atoms with Gasteiger partial charge in [-0.25, -0.2) is 8.42 Å². The number of alkyl halides is 3. The normalized spacial score (nSPS) is 12.2. The van der Waals surface area contributed by atoms with Crippen molar-refractivity contribution in [1.29, 1.82) is 0 Å². The highest BCUT2D eigenvalue weighted by Gasteiger charge is 2.33. The summed E-state index contributed by atoms with van der Waals surface area (Å²) in [6, 6.07) is 2.92. The van der Waals surface area contributed by atoms with E-state index in [1.54, 1.807) is 0 Å². The van der Waals surface area contributed by atoms with E-state index in [0.717, 1.165) is 6.07 Å². The van der Waals surface area contributed by atoms with Crippen LogP contribution in [-0.4, -0.2) is 25.2 Å². The van der Waals surface area contributed by atoms with E-state index in [9.17, 15) is 26.4 Å². The van der Waals surface area contributed by atoms with Gasteiger partial charge in [-0.05, 0) is 24.6 Å². The van der Waals surface area contributed by atoms with Crippen LogP contribution in [0.1, 0.15) is 18.4 Å². The Morgan fingerprint density at radius 1 is 1.33 bits per heavy atom. The number of halogens is 4. The maximum atomic E-state index is 12.7. The van der Waals surface area contributed by atoms with Gasteiger partial charge in [0, 0.05) is 16.6 Å². The third-order valence-electron chi connectivity index (χ3n) is 2.35. The Hall–Kier alpha value is -1.29. The highest BCUT2D eigenvalue weighted by molar-refractivity contribution is 9.10. The number of aliphatic carboxylic acids is 1. The number of nitrogens with one attached hydrogen (secondary N) is 1. The fourth-order valence-corrected chi connectivity index (χ4v) is 3.03. The maximum Gasteiger partial charge on any atom is 0.417 e. The number of sulfonamides is 1. The van der Waals surface area contributed by atoms with E-state index in [2.05, 4.69) is 15.9 Å². The lowest BCUT2D eigenvalue weighted by atomic mass is 10.2. The molecule has 1 aromatic rings. The van der Waals surface area contributed by atoms with Crippen LogP contribution < -0.4 is 4.72 Å². The molecule has 0 saturated carbocycles. The summed E-state index contributed by atoms with van der Waals surface area (Å²) in [5.74, 6) is -1.63. The molecule has 0 fully saturated rings. The Morgan fingerprint density at radius 3 is 2.48 bits per heavy atom. The fraction of sp³-hybridized carbons (Fsp3) is 0.364. The standard InChI is InChI=1S/C11H11BrF3NO4S/c12-9-4-3-7(6-8(9)11(13,14)15)16-21(19,20)5-1-2-10(17)18/h3-4,6,16H,1-2,5H2,(H,17,18). The summed E-state index contributed by atoms with van der Waals surface area (Å²) in [6.07, 6.45) is -5.09. The van der Waals surface area contributed by atoms with Gasteiger partial charge in [-0.15, -0.1) is 0 Å². The molecule has 5 nitrogen and oxygen atoms in total. The minimum Gasteiger partial charge on any atom is -0.481 e. The summed E-state index contributed by atoms with van der Waals surface area (Å²) in [6.45, 7) is 0. The Morgan fingerprint density at radius 2 is 1.95 bits per heavy atom. The van der Waals surface area contributed by atoms with Crippen LogP contribution in [0, 0.1) is 0 Å². The van der Waals surface area contributed by atoms with E-state index >= 15 is 0 Å². The molecule has 21 heavy (non-hydrogen) atoms. The summed E-state index contributed by atoms with van der Waals surface area (Å²) in [5.41, 5.74) is -1.24. The van der Waals surface area contributed by atoms with Gasteiger partial charge >= 0.3 is 12.1 Å². The molecule has 0 unspecified atom stereocenters. The molecule has 0 aliphatic rings. The van der Waals surface area contributed by atoms with Gasteiger partial charge in [0.15, 0.2) is 0 Å². The van der Waals surface area contributed by atoms with E-state index < -0.39 is 33.5 Å². The Kier molecular flexibility index (Phi) is 5.62. The molecule has 10 heteroatoms. The molecule has 1 aromatic carbocycles. The largest absolute Gasteiger partial charge is 0.481 e. The molecule has 0 saturated heterocycles. The van der Waals surface area contributed by atoms with Crippen LogP contribution >= 0.6 is 15.9 Å². The number of carboxylic acids is 1. The number of hydrogen-bond acceptors (Lipinski definition) is 3. The molecule has 2 N–H and O–H groups in total. The van der Waals surface area contributed by atoms with Crippen LogP contribution in [0.2, 0.25) is 0 Å². The molecule has 0 spiro atoms. The summed E-state index contributed by atoms with van der Waals surface area (Å²) in [4.78, 5) is 10.3. The number of carboxylic acid groups (broad SMARTS) is 1. The topological polar surface area (TPSA) is 83.5 Å². The van der Waals surface area contributed by atoms with Gasteiger partial charge in [0.25, 0.3) is 0 Å². The number of anilines is 1. The van der Waals surface area contributed by atoms with Gasteiger partial charge in [0.2, 0.25) is 10.0 Å². The Labute approximate surface area is 127 Å². The quantitative estimate of drug-likeness (QED) is 0.782. The van der Waals surface area contributed by atoms with Crippen LogP contribution in [0.25, 0.3) is 0 Å². The minimum atomic E-state index is -4.62. The molecule has 0 amide bonds. The highest BCUT2D eigenvalue weighted by atomic mass is 79.9. The predicted molar refractivity (Wildman–Crippen MR) is 73.4 cm³/mol. The van der Waals surface area contributed by atoms with Crippen molar-refractivity contribution in [3.63, 3.8) is 0 Å². The average Bonchev–Trinajstić information content (AvgIpc) is 2.29. The van der Waals surface area contributed by atoms with Gasteiger partial charge in [-0.2, -0.15) is 13.2 Å². The van der Waals surface area contributed by atoms with Gasteiger partial charge < -0.3 is 5.11 Å². The number of carbonyl (C=O) groups is 1. The molecule has 0 atom stereocenters. The molecule has 0 aliphatic carbocycles. The number of benzene rings is 1. The van der Waals surface area contributed by atoms with Crippen molar-refractivity contribution < 1.29 is 31.5 Å². The van der Waals surface area contributed by atoms with E-state index in [4.69, 9.17) is 5.11 Å². The molecule has 0 heterocycles. The van der Waals surface area contributed by atoms with Gasteiger partial charge in [0.05, 0.1) is 11.3 Å². The monoisotopic (exact) mass is 389 g/mol. The van der Waals surface area contributed by atoms with Crippen molar-refractivity contribution in [3.05, 3.63) is 28.2 Å². The van der Waals surface area contributed by atoms with Gasteiger partial charge in [-0.3, -0.25) is 9.52 Å². The van der Waals surface area contributed by atoms with Crippen molar-refractivity contribution >= 4 is 37.6 Å². The smallest absolute Gasteiger partial charge is 0.417 e. The fourth-order valence-electron chi connectivity index (χ4n) is 1.45. The minimum absolute atomic E-state index is 0.132. The van der Waals surface area contributed by atoms with E-state index in [0.29, 0.717) is 6.07 Å². The zero-order valence-electron chi connectivity index (χ0n) is 10.4. The second-order valence-corrected chi connectivity index (χ2v) is 6.81. The lowest BCUT2D eigenvalue weighted by molar-refractivity contribution is -0.138. The third-order valence-corrected chi connectivity index (χ3v) is 4.41. The lowest BCUT2D eigenvalue weighted by Gasteiger charge is -2.12. The summed E-state index contributed by atoms with van der Waals surface area (Å²) < 4.78 is 63.1. The van der Waals surface area contributed by atoms with Gasteiger partial charge in [0.1, 0.15) is 0 Å². The van der Waals surface area contributed by atoms with Gasteiger partial charge in [-0.1, -0.05) is 15.9 Å². The number of hydrogen-bond donors (Lipinski definition) is 2. The van der Waals surface area contributed by atoms with Crippen molar-refractivity contribution in [2.24, 2.45) is 0 Å². The van der Waals surface area contributed by atoms with Crippen molar-refractivity contribution in [3.8, 4) is 0 Å². The van der Waals surface area contributed by atoms with Crippen molar-refractivity contribution in [1.82, 2.24) is 0 Å². The number of rotatable bonds is 6. The van der Waals surface area contributed by atoms with Crippen LogP contribution in [0.15, 0.2) is 22.7 Å². The molecule has 0 aliphatic heterocycles. The first-order chi connectivity index (χ1) is 9.51. The first kappa shape index (κ1) is 17.8. The molecule has 1 rings (SSSR count). The first-order valence-electron chi connectivity index (χ1n) is 5.60. The van der Waals surface area contributed by atoms with Crippen molar-refractivity contribution in [2.75, 3.05) is 10.5 Å². The van der Waals surface area contributed by atoms with E-state index in [1.807, 2.05) is 4.72 Å². The zero-order valence-corrected chi connectivity index (χ0v) is 12.8. The summed E-state index contributed by atoms with van der Waals surface area (Å²) >= 11 is 2.74. The van der Waals surface area contributed by atoms with E-state index in [-0.39, 0.29) is 23.0 Å². The molecular weight excluding hydrogens is 379 g/mol. The maximum absolute atomic E-state index is 12.7. The lowest BCUT2D eigenvalue weighted by Crippen LogP contribution is -2.18. The van der Waals surface area contributed by atoms with Crippen LogP contribution in [0.5, 0.6) is 0 Å². The first-order valence-corrected chi connectivity index (χ1v) is 8.05. The second-order valence-electron chi connectivity index (χ2n) is 4.11. The predicted octanol–water partition coefficient (Wildman–Crippen LogP) is 3.07. The average molecular weight is 390 g/mol. The highest BCUT2D eigenvalue weighted by Crippen LogP contribution is 2.36.